The van der Waals surface area contributed by atoms with Crippen LogP contribution in [0.3, 0.4) is 0 Å². The maximum Gasteiger partial charge on any atom is 0.326 e. The van der Waals surface area contributed by atoms with E-state index in [2.05, 4.69) is 5.32 Å². The lowest BCUT2D eigenvalue weighted by molar-refractivity contribution is -0.384. The van der Waals surface area contributed by atoms with Crippen molar-refractivity contribution in [1.82, 2.24) is 0 Å². The summed E-state index contributed by atoms with van der Waals surface area (Å²) in [5.41, 5.74) is 0.862. The van der Waals surface area contributed by atoms with E-state index in [4.69, 9.17) is 16.7 Å². The molecule has 0 aromatic heterocycles. The molecule has 0 radical (unpaired) electrons. The van der Waals surface area contributed by atoms with Crippen LogP contribution in [0.25, 0.3) is 0 Å². The molecule has 2 N–H and O–H groups in total. The van der Waals surface area contributed by atoms with Crippen molar-refractivity contribution in [3.05, 3.63) is 32.8 Å². The number of carboxylic acids is 1. The molecule has 0 aliphatic carbocycles. The predicted molar refractivity (Wildman–Crippen MR) is 72.7 cm³/mol. The standard InChI is InChI=1S/C12H15ClN2O4/c1-6(2)11(12(16)17)14-9-5-8(13)10(15(18)19)4-7(9)3/h4-6,11,14H,1-3H3,(H,16,17). The van der Waals surface area contributed by atoms with Crippen LogP contribution < -0.4 is 5.32 Å². The van der Waals surface area contributed by atoms with Gasteiger partial charge in [-0.25, -0.2) is 4.79 Å². The van der Waals surface area contributed by atoms with Crippen LogP contribution in [0.2, 0.25) is 5.02 Å². The highest BCUT2D eigenvalue weighted by Gasteiger charge is 2.23. The van der Waals surface area contributed by atoms with Crippen molar-refractivity contribution in [2.45, 2.75) is 26.8 Å². The minimum Gasteiger partial charge on any atom is -0.480 e. The van der Waals surface area contributed by atoms with Crippen molar-refractivity contribution in [2.75, 3.05) is 5.32 Å². The number of rotatable bonds is 5. The van der Waals surface area contributed by atoms with Gasteiger partial charge in [0, 0.05) is 11.8 Å². The lowest BCUT2D eigenvalue weighted by Crippen LogP contribution is -2.34. The number of carbonyl (C=O) groups is 1. The summed E-state index contributed by atoms with van der Waals surface area (Å²) in [7, 11) is 0. The van der Waals surface area contributed by atoms with Gasteiger partial charge >= 0.3 is 5.97 Å². The second-order valence-corrected chi connectivity index (χ2v) is 4.99. The van der Waals surface area contributed by atoms with Gasteiger partial charge in [0.25, 0.3) is 5.69 Å². The van der Waals surface area contributed by atoms with E-state index in [1.807, 2.05) is 0 Å². The van der Waals surface area contributed by atoms with Crippen LogP contribution >= 0.6 is 11.6 Å². The number of carboxylic acid groups (broad SMARTS) is 1. The Labute approximate surface area is 115 Å². The minimum absolute atomic E-state index is 0.0222. The van der Waals surface area contributed by atoms with Gasteiger partial charge in [0.15, 0.2) is 0 Å². The van der Waals surface area contributed by atoms with Crippen LogP contribution in [-0.2, 0) is 4.79 Å². The second kappa shape index (κ2) is 5.88. The van der Waals surface area contributed by atoms with Crippen molar-refractivity contribution in [1.29, 1.82) is 0 Å². The maximum atomic E-state index is 11.1. The van der Waals surface area contributed by atoms with Crippen molar-refractivity contribution >= 4 is 28.9 Å². The number of hydrogen-bond acceptors (Lipinski definition) is 4. The summed E-state index contributed by atoms with van der Waals surface area (Å²) in [6, 6.07) is 1.92. The molecule has 104 valence electrons. The molecule has 0 fully saturated rings. The number of aliphatic carboxylic acids is 1. The van der Waals surface area contributed by atoms with Crippen LogP contribution in [0.15, 0.2) is 12.1 Å². The molecule has 7 heteroatoms. The van der Waals surface area contributed by atoms with Gasteiger partial charge in [-0.1, -0.05) is 25.4 Å². The quantitative estimate of drug-likeness (QED) is 0.641. The molecule has 0 heterocycles. The van der Waals surface area contributed by atoms with Gasteiger partial charge in [0.05, 0.1) is 4.92 Å². The molecular formula is C12H15ClN2O4. The van der Waals surface area contributed by atoms with E-state index in [1.165, 1.54) is 12.1 Å². The zero-order valence-corrected chi connectivity index (χ0v) is 11.6. The first kappa shape index (κ1) is 15.2. The molecule has 0 spiro atoms. The van der Waals surface area contributed by atoms with Crippen molar-refractivity contribution < 1.29 is 14.8 Å². The summed E-state index contributed by atoms with van der Waals surface area (Å²) in [6.07, 6.45) is 0. The van der Waals surface area contributed by atoms with E-state index in [9.17, 15) is 14.9 Å². The van der Waals surface area contributed by atoms with Gasteiger partial charge in [0.2, 0.25) is 0 Å². The normalized spacial score (nSPS) is 12.3. The Morgan fingerprint density at radius 3 is 2.47 bits per heavy atom. The highest BCUT2D eigenvalue weighted by Crippen LogP contribution is 2.31. The fourth-order valence-electron chi connectivity index (χ4n) is 1.64. The molecule has 1 aromatic rings. The number of nitrogens with zero attached hydrogens (tertiary/aromatic N) is 1. The highest BCUT2D eigenvalue weighted by atomic mass is 35.5. The molecule has 6 nitrogen and oxygen atoms in total. The summed E-state index contributed by atoms with van der Waals surface area (Å²) in [5, 5.41) is 22.7. The fraction of sp³-hybridized carbons (Fsp3) is 0.417. The predicted octanol–water partition coefficient (Wildman–Crippen LogP) is 3.08. The third-order valence-electron chi connectivity index (χ3n) is 2.73. The molecule has 1 rings (SSSR count). The van der Waals surface area contributed by atoms with E-state index in [1.54, 1.807) is 20.8 Å². The number of halogens is 1. The first-order chi connectivity index (χ1) is 8.73. The molecule has 1 unspecified atom stereocenters. The number of nitro benzene ring substituents is 1. The van der Waals surface area contributed by atoms with Gasteiger partial charge in [-0.15, -0.1) is 0 Å². The van der Waals surface area contributed by atoms with E-state index < -0.39 is 16.9 Å². The Morgan fingerprint density at radius 2 is 2.05 bits per heavy atom. The van der Waals surface area contributed by atoms with E-state index in [0.29, 0.717) is 11.3 Å². The van der Waals surface area contributed by atoms with Crippen molar-refractivity contribution in [2.24, 2.45) is 5.92 Å². The van der Waals surface area contributed by atoms with Gasteiger partial charge in [-0.05, 0) is 24.5 Å². The number of anilines is 1. The maximum absolute atomic E-state index is 11.1. The Hall–Kier alpha value is -1.82. The number of nitro groups is 1. The smallest absolute Gasteiger partial charge is 0.326 e. The zero-order chi connectivity index (χ0) is 14.7. The molecular weight excluding hydrogens is 272 g/mol. The van der Waals surface area contributed by atoms with Crippen LogP contribution in [-0.4, -0.2) is 22.0 Å². The van der Waals surface area contributed by atoms with Crippen LogP contribution in [0.5, 0.6) is 0 Å². The Bertz CT molecular complexity index is 517. The van der Waals surface area contributed by atoms with Crippen LogP contribution in [0.4, 0.5) is 11.4 Å². The van der Waals surface area contributed by atoms with Gasteiger partial charge in [-0.2, -0.15) is 0 Å². The van der Waals surface area contributed by atoms with Crippen molar-refractivity contribution in [3.63, 3.8) is 0 Å². The monoisotopic (exact) mass is 286 g/mol. The molecule has 1 aromatic carbocycles. The molecule has 0 amide bonds. The molecule has 0 saturated carbocycles. The second-order valence-electron chi connectivity index (χ2n) is 4.58. The first-order valence-electron chi connectivity index (χ1n) is 5.68. The number of benzene rings is 1. The minimum atomic E-state index is -0.983. The molecule has 0 aliphatic heterocycles. The lowest BCUT2D eigenvalue weighted by Gasteiger charge is -2.20. The van der Waals surface area contributed by atoms with E-state index in [0.717, 1.165) is 0 Å². The Balaban J connectivity index is 3.12. The zero-order valence-electron chi connectivity index (χ0n) is 10.8. The largest absolute Gasteiger partial charge is 0.480 e. The van der Waals surface area contributed by atoms with Gasteiger partial charge < -0.3 is 10.4 Å². The third-order valence-corrected chi connectivity index (χ3v) is 3.04. The number of hydrogen-bond donors (Lipinski definition) is 2. The van der Waals surface area contributed by atoms with Gasteiger partial charge in [-0.3, -0.25) is 10.1 Å². The summed E-state index contributed by atoms with van der Waals surface area (Å²) < 4.78 is 0. The van der Waals surface area contributed by atoms with E-state index >= 15 is 0 Å². The molecule has 0 bridgehead atoms. The number of nitrogens with one attached hydrogen (secondary N) is 1. The SMILES string of the molecule is Cc1cc([N+](=O)[O-])c(Cl)cc1NC(C(=O)O)C(C)C. The first-order valence-corrected chi connectivity index (χ1v) is 6.05. The summed E-state index contributed by atoms with van der Waals surface area (Å²) in [5.74, 6) is -1.12. The van der Waals surface area contributed by atoms with Crippen LogP contribution in [0.1, 0.15) is 19.4 Å². The Morgan fingerprint density at radius 1 is 1.47 bits per heavy atom. The average Bonchev–Trinajstić information content (AvgIpc) is 2.28. The fourth-order valence-corrected chi connectivity index (χ4v) is 1.88. The highest BCUT2D eigenvalue weighted by molar-refractivity contribution is 6.33. The molecule has 0 aliphatic rings. The molecule has 1 atom stereocenters. The Kier molecular flexibility index (Phi) is 4.72. The summed E-state index contributed by atoms with van der Waals surface area (Å²) in [4.78, 5) is 21.3. The average molecular weight is 287 g/mol. The molecule has 19 heavy (non-hydrogen) atoms. The van der Waals surface area contributed by atoms with E-state index in [-0.39, 0.29) is 16.6 Å². The molecule has 0 saturated heterocycles. The number of aryl methyl sites for hydroxylation is 1. The topological polar surface area (TPSA) is 92.5 Å². The van der Waals surface area contributed by atoms with Crippen LogP contribution in [0, 0.1) is 23.0 Å². The third kappa shape index (κ3) is 3.57. The summed E-state index contributed by atoms with van der Waals surface area (Å²) >= 11 is 5.81. The lowest BCUT2D eigenvalue weighted by atomic mass is 10.0. The summed E-state index contributed by atoms with van der Waals surface area (Å²) in [6.45, 7) is 5.20. The van der Waals surface area contributed by atoms with Gasteiger partial charge in [0.1, 0.15) is 11.1 Å². The van der Waals surface area contributed by atoms with Crippen molar-refractivity contribution in [3.8, 4) is 0 Å².